The van der Waals surface area contributed by atoms with Gasteiger partial charge < -0.3 is 11.1 Å². The van der Waals surface area contributed by atoms with E-state index in [0.29, 0.717) is 17.6 Å². The Labute approximate surface area is 151 Å². The number of pyridine rings is 3. The Morgan fingerprint density at radius 1 is 1.27 bits per heavy atom. The van der Waals surface area contributed by atoms with Gasteiger partial charge >= 0.3 is 0 Å². The van der Waals surface area contributed by atoms with Crippen LogP contribution in [-0.4, -0.2) is 20.9 Å². The Bertz CT molecular complexity index is 1010. The Morgan fingerprint density at radius 3 is 2.73 bits per heavy atom. The van der Waals surface area contributed by atoms with Crippen LogP contribution in [0.1, 0.15) is 24.6 Å². The van der Waals surface area contributed by atoms with Crippen molar-refractivity contribution in [1.82, 2.24) is 15.0 Å². The summed E-state index contributed by atoms with van der Waals surface area (Å²) in [5.74, 6) is 1.55. The molecule has 1 saturated carbocycles. The molecule has 6 nitrogen and oxygen atoms in total. The van der Waals surface area contributed by atoms with Crippen molar-refractivity contribution in [3.8, 4) is 11.3 Å². The average molecular weight is 347 g/mol. The number of hydrogen-bond acceptors (Lipinski definition) is 5. The zero-order chi connectivity index (χ0) is 18.4. The molecule has 0 radical (unpaired) electrons. The van der Waals surface area contributed by atoms with Crippen molar-refractivity contribution < 1.29 is 4.79 Å². The zero-order valence-corrected chi connectivity index (χ0v) is 15.1. The van der Waals surface area contributed by atoms with Crippen LogP contribution in [0, 0.1) is 25.7 Å². The van der Waals surface area contributed by atoms with Gasteiger partial charge in [-0.2, -0.15) is 0 Å². The first-order valence-electron chi connectivity index (χ1n) is 8.73. The predicted octanol–water partition coefficient (Wildman–Crippen LogP) is 3.49. The number of carbonyl (C=O) groups is 1. The molecule has 0 bridgehead atoms. The van der Waals surface area contributed by atoms with Crippen molar-refractivity contribution in [1.29, 1.82) is 0 Å². The molecule has 0 unspecified atom stereocenters. The zero-order valence-electron chi connectivity index (χ0n) is 15.1. The molecule has 1 fully saturated rings. The third kappa shape index (κ3) is 2.87. The lowest BCUT2D eigenvalue weighted by molar-refractivity contribution is -0.117. The number of anilines is 2. The number of carbonyl (C=O) groups excluding carboxylic acids is 1. The lowest BCUT2D eigenvalue weighted by Crippen LogP contribution is -2.15. The van der Waals surface area contributed by atoms with Crippen molar-refractivity contribution in [2.24, 2.45) is 11.8 Å². The smallest absolute Gasteiger partial charge is 0.228 e. The van der Waals surface area contributed by atoms with E-state index in [-0.39, 0.29) is 11.8 Å². The number of aryl methyl sites for hydroxylation is 2. The van der Waals surface area contributed by atoms with Crippen molar-refractivity contribution in [2.45, 2.75) is 27.2 Å². The second kappa shape index (κ2) is 6.05. The van der Waals surface area contributed by atoms with Crippen molar-refractivity contribution in [3.63, 3.8) is 0 Å². The Kier molecular flexibility index (Phi) is 3.83. The molecule has 2 atom stereocenters. The van der Waals surface area contributed by atoms with Crippen molar-refractivity contribution in [3.05, 3.63) is 41.9 Å². The molecule has 3 aromatic heterocycles. The number of rotatable bonds is 3. The third-order valence-corrected chi connectivity index (χ3v) is 5.05. The van der Waals surface area contributed by atoms with Crippen LogP contribution in [-0.2, 0) is 4.79 Å². The fraction of sp³-hybridized carbons (Fsp3) is 0.300. The molecule has 1 aliphatic rings. The van der Waals surface area contributed by atoms with Gasteiger partial charge in [0, 0.05) is 35.0 Å². The first-order valence-corrected chi connectivity index (χ1v) is 8.73. The van der Waals surface area contributed by atoms with E-state index in [1.54, 1.807) is 12.4 Å². The van der Waals surface area contributed by atoms with Gasteiger partial charge in [-0.25, -0.2) is 9.97 Å². The van der Waals surface area contributed by atoms with E-state index in [1.165, 1.54) is 0 Å². The molecule has 0 aromatic carbocycles. The highest BCUT2D eigenvalue weighted by Crippen LogP contribution is 2.38. The monoisotopic (exact) mass is 347 g/mol. The van der Waals surface area contributed by atoms with Gasteiger partial charge in [0.2, 0.25) is 5.91 Å². The molecule has 4 rings (SSSR count). The van der Waals surface area contributed by atoms with Gasteiger partial charge in [-0.3, -0.25) is 9.78 Å². The molecule has 1 amide bonds. The van der Waals surface area contributed by atoms with E-state index in [0.717, 1.165) is 39.7 Å². The van der Waals surface area contributed by atoms with Gasteiger partial charge in [0.05, 0.1) is 5.69 Å². The van der Waals surface area contributed by atoms with Crippen LogP contribution in [0.5, 0.6) is 0 Å². The standard InChI is InChI=1S/C20H21N5O/c1-10-4-5-22-12(3)18(10)16-7-13-8-17(23-9-15(13)19(21)24-16)25-20(26)14-6-11(14)2/h4-5,7-9,11,14H,6H2,1-3H3,(H2,21,24)(H,23,25,26)/t11-,14+/m0/s1. The van der Waals surface area contributed by atoms with Crippen LogP contribution in [0.4, 0.5) is 11.6 Å². The Morgan fingerprint density at radius 2 is 2.04 bits per heavy atom. The molecule has 0 spiro atoms. The van der Waals surface area contributed by atoms with Crippen LogP contribution in [0.25, 0.3) is 22.0 Å². The molecule has 132 valence electrons. The summed E-state index contributed by atoms with van der Waals surface area (Å²) < 4.78 is 0. The number of nitrogens with zero attached hydrogens (tertiary/aromatic N) is 3. The summed E-state index contributed by atoms with van der Waals surface area (Å²) in [4.78, 5) is 25.4. The van der Waals surface area contributed by atoms with Gasteiger partial charge in [0.25, 0.3) is 0 Å². The van der Waals surface area contributed by atoms with E-state index in [4.69, 9.17) is 5.73 Å². The first kappa shape index (κ1) is 16.4. The van der Waals surface area contributed by atoms with Gasteiger partial charge in [-0.15, -0.1) is 0 Å². The molecular formula is C20H21N5O. The van der Waals surface area contributed by atoms with Crippen molar-refractivity contribution in [2.75, 3.05) is 11.1 Å². The topological polar surface area (TPSA) is 93.8 Å². The quantitative estimate of drug-likeness (QED) is 0.756. The number of nitrogen functional groups attached to an aromatic ring is 1. The molecule has 0 saturated heterocycles. The summed E-state index contributed by atoms with van der Waals surface area (Å²) in [6.45, 7) is 6.07. The predicted molar refractivity (Wildman–Crippen MR) is 103 cm³/mol. The van der Waals surface area contributed by atoms with E-state index >= 15 is 0 Å². The summed E-state index contributed by atoms with van der Waals surface area (Å²) in [5.41, 5.74) is 9.92. The second-order valence-electron chi connectivity index (χ2n) is 7.08. The Balaban J connectivity index is 1.76. The number of fused-ring (bicyclic) bond motifs is 1. The Hall–Kier alpha value is -3.02. The maximum atomic E-state index is 12.2. The van der Waals surface area contributed by atoms with Crippen LogP contribution < -0.4 is 11.1 Å². The molecule has 0 aliphatic heterocycles. The number of amides is 1. The lowest BCUT2D eigenvalue weighted by atomic mass is 10.0. The second-order valence-corrected chi connectivity index (χ2v) is 7.08. The molecule has 3 N–H and O–H groups in total. The maximum Gasteiger partial charge on any atom is 0.228 e. The fourth-order valence-electron chi connectivity index (χ4n) is 3.36. The van der Waals surface area contributed by atoms with Crippen molar-refractivity contribution >= 4 is 28.3 Å². The van der Waals surface area contributed by atoms with Gasteiger partial charge in [-0.1, -0.05) is 6.92 Å². The van der Waals surface area contributed by atoms with Crippen LogP contribution >= 0.6 is 0 Å². The van der Waals surface area contributed by atoms with Crippen LogP contribution in [0.3, 0.4) is 0 Å². The maximum absolute atomic E-state index is 12.2. The minimum atomic E-state index is 0.0329. The van der Waals surface area contributed by atoms with E-state index in [9.17, 15) is 4.79 Å². The van der Waals surface area contributed by atoms with Gasteiger partial charge in [0.15, 0.2) is 0 Å². The number of nitrogens with two attached hydrogens (primary N) is 1. The highest BCUT2D eigenvalue weighted by atomic mass is 16.2. The fourth-order valence-corrected chi connectivity index (χ4v) is 3.36. The summed E-state index contributed by atoms with van der Waals surface area (Å²) >= 11 is 0. The largest absolute Gasteiger partial charge is 0.383 e. The summed E-state index contributed by atoms with van der Waals surface area (Å²) in [6.07, 6.45) is 4.39. The van der Waals surface area contributed by atoms with E-state index in [2.05, 4.69) is 27.2 Å². The summed E-state index contributed by atoms with van der Waals surface area (Å²) in [7, 11) is 0. The minimum absolute atomic E-state index is 0.0329. The molecule has 6 heteroatoms. The molecular weight excluding hydrogens is 326 g/mol. The number of aromatic nitrogens is 3. The first-order chi connectivity index (χ1) is 12.4. The molecule has 1 aliphatic carbocycles. The SMILES string of the molecule is Cc1ccnc(C)c1-c1cc2cc(NC(=O)[C@@H]3C[C@@H]3C)ncc2c(N)n1. The normalized spacial score (nSPS) is 18.7. The number of hydrogen-bond donors (Lipinski definition) is 2. The average Bonchev–Trinajstić information content (AvgIpc) is 3.31. The van der Waals surface area contributed by atoms with Crippen LogP contribution in [0.2, 0.25) is 0 Å². The lowest BCUT2D eigenvalue weighted by Gasteiger charge is -2.11. The van der Waals surface area contributed by atoms with E-state index in [1.807, 2.05) is 32.0 Å². The van der Waals surface area contributed by atoms with E-state index < -0.39 is 0 Å². The minimum Gasteiger partial charge on any atom is -0.383 e. The summed E-state index contributed by atoms with van der Waals surface area (Å²) in [6, 6.07) is 5.78. The van der Waals surface area contributed by atoms with Crippen LogP contribution in [0.15, 0.2) is 30.6 Å². The third-order valence-electron chi connectivity index (χ3n) is 5.05. The number of nitrogens with one attached hydrogen (secondary N) is 1. The molecule has 3 aromatic rings. The summed E-state index contributed by atoms with van der Waals surface area (Å²) in [5, 5.41) is 4.57. The van der Waals surface area contributed by atoms with Gasteiger partial charge in [0.1, 0.15) is 11.6 Å². The molecule has 3 heterocycles. The molecule has 26 heavy (non-hydrogen) atoms. The van der Waals surface area contributed by atoms with Gasteiger partial charge in [-0.05, 0) is 55.3 Å². The highest BCUT2D eigenvalue weighted by Gasteiger charge is 2.39. The highest BCUT2D eigenvalue weighted by molar-refractivity contribution is 5.98.